The Balaban J connectivity index is 1.40. The van der Waals surface area contributed by atoms with E-state index >= 15 is 0 Å². The molecule has 7 heteroatoms. The minimum atomic E-state index is -0.915. The number of hydrogen-bond acceptors (Lipinski definition) is 4. The Kier molecular flexibility index (Phi) is 6.58. The molecule has 194 valence electrons. The van der Waals surface area contributed by atoms with E-state index in [2.05, 4.69) is 38.0 Å². The number of pyridine rings is 1. The fourth-order valence-electron chi connectivity index (χ4n) is 6.21. The molecular formula is C31H32N4O3. The van der Waals surface area contributed by atoms with Crippen LogP contribution in [-0.4, -0.2) is 39.6 Å². The molecule has 1 aliphatic carbocycles. The Morgan fingerprint density at radius 1 is 0.974 bits per heavy atom. The smallest absolute Gasteiger partial charge is 0.335 e. The summed E-state index contributed by atoms with van der Waals surface area (Å²) in [6.07, 6.45) is 7.72. The van der Waals surface area contributed by atoms with Gasteiger partial charge in [0.2, 0.25) is 5.91 Å². The average molecular weight is 509 g/mol. The Hall–Kier alpha value is -4.13. The van der Waals surface area contributed by atoms with Crippen LogP contribution in [-0.2, 0) is 17.9 Å². The molecule has 1 aliphatic heterocycles. The number of carboxylic acid groups (broad SMARTS) is 1. The maximum absolute atomic E-state index is 13.0. The van der Waals surface area contributed by atoms with Gasteiger partial charge in [0, 0.05) is 41.4 Å². The molecule has 1 amide bonds. The first-order valence-corrected chi connectivity index (χ1v) is 13.5. The summed E-state index contributed by atoms with van der Waals surface area (Å²) in [6.45, 7) is 1.95. The van der Waals surface area contributed by atoms with Gasteiger partial charge in [-0.05, 0) is 54.7 Å². The maximum atomic E-state index is 13.0. The van der Waals surface area contributed by atoms with Crippen molar-refractivity contribution in [3.63, 3.8) is 0 Å². The molecule has 0 unspecified atom stereocenters. The molecule has 38 heavy (non-hydrogen) atoms. The highest BCUT2D eigenvalue weighted by Gasteiger charge is 2.31. The van der Waals surface area contributed by atoms with Crippen LogP contribution in [0.1, 0.15) is 59.6 Å². The van der Waals surface area contributed by atoms with Crippen LogP contribution in [0.4, 0.5) is 5.69 Å². The third-order valence-electron chi connectivity index (χ3n) is 7.98. The number of carbonyl (C=O) groups excluding carboxylic acids is 1. The molecule has 1 saturated carbocycles. The van der Waals surface area contributed by atoms with E-state index in [0.717, 1.165) is 40.7 Å². The number of anilines is 1. The number of benzene rings is 2. The number of aromatic nitrogens is 2. The Bertz CT molecular complexity index is 1490. The lowest BCUT2D eigenvalue weighted by Crippen LogP contribution is -2.38. The van der Waals surface area contributed by atoms with E-state index in [9.17, 15) is 14.7 Å². The highest BCUT2D eigenvalue weighted by Crippen LogP contribution is 2.47. The fraction of sp³-hybridized carbons (Fsp3) is 0.323. The minimum absolute atomic E-state index is 0.0532. The summed E-state index contributed by atoms with van der Waals surface area (Å²) in [6, 6.07) is 19.6. The van der Waals surface area contributed by atoms with E-state index in [1.807, 2.05) is 36.4 Å². The number of rotatable bonds is 6. The van der Waals surface area contributed by atoms with Crippen molar-refractivity contribution in [2.24, 2.45) is 0 Å². The van der Waals surface area contributed by atoms with Crippen molar-refractivity contribution in [2.45, 2.75) is 51.1 Å². The SMILES string of the molecule is O=C(CN1CCn2c(c(C3CCCCC3)c3ccc(C(=O)O)cc32)-c2ccccc21)NCc1ccccn1. The molecule has 3 heterocycles. The van der Waals surface area contributed by atoms with Gasteiger partial charge in [0.05, 0.1) is 30.0 Å². The normalized spacial score (nSPS) is 15.5. The predicted molar refractivity (Wildman–Crippen MR) is 148 cm³/mol. The van der Waals surface area contributed by atoms with Crippen molar-refractivity contribution >= 4 is 28.5 Å². The molecule has 2 aromatic heterocycles. The number of para-hydroxylation sites is 1. The second-order valence-electron chi connectivity index (χ2n) is 10.3. The summed E-state index contributed by atoms with van der Waals surface area (Å²) in [5, 5.41) is 13.9. The first kappa shape index (κ1) is 24.2. The van der Waals surface area contributed by atoms with Gasteiger partial charge >= 0.3 is 5.97 Å². The number of nitrogens with one attached hydrogen (secondary N) is 1. The van der Waals surface area contributed by atoms with Crippen LogP contribution in [0.2, 0.25) is 0 Å². The topological polar surface area (TPSA) is 87.5 Å². The molecule has 0 atom stereocenters. The van der Waals surface area contributed by atoms with Crippen LogP contribution in [0.5, 0.6) is 0 Å². The van der Waals surface area contributed by atoms with Crippen molar-refractivity contribution in [1.29, 1.82) is 0 Å². The largest absolute Gasteiger partial charge is 0.478 e. The average Bonchev–Trinajstić information content (AvgIpc) is 3.19. The molecule has 2 aromatic carbocycles. The number of fused-ring (bicyclic) bond motifs is 5. The van der Waals surface area contributed by atoms with Crippen molar-refractivity contribution in [1.82, 2.24) is 14.9 Å². The molecular weight excluding hydrogens is 476 g/mol. The molecule has 0 saturated heterocycles. The van der Waals surface area contributed by atoms with E-state index in [4.69, 9.17) is 0 Å². The van der Waals surface area contributed by atoms with Crippen molar-refractivity contribution in [3.05, 3.63) is 83.7 Å². The maximum Gasteiger partial charge on any atom is 0.335 e. The van der Waals surface area contributed by atoms with Crippen LogP contribution in [0.25, 0.3) is 22.2 Å². The zero-order chi connectivity index (χ0) is 26.1. The standard InChI is InChI=1S/C31H32N4O3/c36-28(33-19-23-10-6-7-15-32-23)20-34-16-17-35-27-18-22(31(37)38)13-14-24(27)29(21-8-2-1-3-9-21)30(35)25-11-4-5-12-26(25)34/h4-7,10-15,18,21H,1-3,8-9,16-17,19-20H2,(H,33,36)(H,37,38). The van der Waals surface area contributed by atoms with E-state index < -0.39 is 5.97 Å². The van der Waals surface area contributed by atoms with Crippen LogP contribution in [0.3, 0.4) is 0 Å². The summed E-state index contributed by atoms with van der Waals surface area (Å²) < 4.78 is 2.30. The lowest BCUT2D eigenvalue weighted by Gasteiger charge is -2.26. The molecule has 0 spiro atoms. The van der Waals surface area contributed by atoms with Gasteiger partial charge in [0.1, 0.15) is 0 Å². The molecule has 4 aromatic rings. The van der Waals surface area contributed by atoms with Crippen molar-refractivity contribution in [2.75, 3.05) is 18.0 Å². The molecule has 1 fully saturated rings. The number of hydrogen-bond donors (Lipinski definition) is 2. The van der Waals surface area contributed by atoms with Crippen LogP contribution >= 0.6 is 0 Å². The Morgan fingerprint density at radius 2 is 1.79 bits per heavy atom. The zero-order valence-electron chi connectivity index (χ0n) is 21.4. The van der Waals surface area contributed by atoms with Gasteiger partial charge in [-0.1, -0.05) is 49.6 Å². The van der Waals surface area contributed by atoms with Crippen molar-refractivity contribution < 1.29 is 14.7 Å². The third-order valence-corrected chi connectivity index (χ3v) is 7.98. The monoisotopic (exact) mass is 508 g/mol. The first-order valence-electron chi connectivity index (χ1n) is 13.5. The summed E-state index contributed by atoms with van der Waals surface area (Å²) in [7, 11) is 0. The molecule has 0 radical (unpaired) electrons. The van der Waals surface area contributed by atoms with Gasteiger partial charge < -0.3 is 19.9 Å². The summed E-state index contributed by atoms with van der Waals surface area (Å²) in [5.74, 6) is -0.524. The molecule has 2 N–H and O–H groups in total. The fourth-order valence-corrected chi connectivity index (χ4v) is 6.21. The number of amides is 1. The summed E-state index contributed by atoms with van der Waals surface area (Å²) in [4.78, 5) is 31.3. The van der Waals surface area contributed by atoms with E-state index in [1.165, 1.54) is 30.5 Å². The van der Waals surface area contributed by atoms with Crippen molar-refractivity contribution in [3.8, 4) is 11.3 Å². The quantitative estimate of drug-likeness (QED) is 0.355. The second kappa shape index (κ2) is 10.3. The minimum Gasteiger partial charge on any atom is -0.478 e. The van der Waals surface area contributed by atoms with E-state index in [-0.39, 0.29) is 12.5 Å². The highest BCUT2D eigenvalue weighted by atomic mass is 16.4. The number of carbonyl (C=O) groups is 2. The van der Waals surface area contributed by atoms with Gasteiger partial charge in [-0.3, -0.25) is 9.78 Å². The summed E-state index contributed by atoms with van der Waals surface area (Å²) in [5.41, 5.74) is 6.76. The van der Waals surface area contributed by atoms with Gasteiger partial charge in [0.15, 0.2) is 0 Å². The number of carboxylic acids is 1. The molecule has 2 aliphatic rings. The molecule has 0 bridgehead atoms. The number of aromatic carboxylic acids is 1. The molecule has 7 nitrogen and oxygen atoms in total. The third kappa shape index (κ3) is 4.53. The van der Waals surface area contributed by atoms with Gasteiger partial charge in [-0.2, -0.15) is 0 Å². The number of nitrogens with zero attached hydrogens (tertiary/aromatic N) is 3. The second-order valence-corrected chi connectivity index (χ2v) is 10.3. The molecule has 6 rings (SSSR count). The van der Waals surface area contributed by atoms with E-state index in [0.29, 0.717) is 31.1 Å². The summed E-state index contributed by atoms with van der Waals surface area (Å²) >= 11 is 0. The lowest BCUT2D eigenvalue weighted by atomic mass is 9.81. The predicted octanol–water partition coefficient (Wildman–Crippen LogP) is 5.59. The zero-order valence-corrected chi connectivity index (χ0v) is 21.4. The first-order chi connectivity index (χ1) is 18.6. The van der Waals surface area contributed by atoms with Crippen LogP contribution in [0, 0.1) is 0 Å². The highest BCUT2D eigenvalue weighted by molar-refractivity contribution is 6.00. The van der Waals surface area contributed by atoms with Crippen LogP contribution in [0.15, 0.2) is 66.9 Å². The van der Waals surface area contributed by atoms with Gasteiger partial charge in [0.25, 0.3) is 0 Å². The lowest BCUT2D eigenvalue weighted by molar-refractivity contribution is -0.119. The van der Waals surface area contributed by atoms with Gasteiger partial charge in [-0.25, -0.2) is 4.79 Å². The van der Waals surface area contributed by atoms with E-state index in [1.54, 1.807) is 12.3 Å². The van der Waals surface area contributed by atoms with Gasteiger partial charge in [-0.15, -0.1) is 0 Å². The Labute approximate surface area is 222 Å². The Morgan fingerprint density at radius 3 is 2.58 bits per heavy atom. The van der Waals surface area contributed by atoms with Crippen LogP contribution < -0.4 is 10.2 Å².